The third-order valence-corrected chi connectivity index (χ3v) is 3.87. The van der Waals surface area contributed by atoms with E-state index in [4.69, 9.17) is 4.74 Å². The molecule has 0 bridgehead atoms. The highest BCUT2D eigenvalue weighted by Crippen LogP contribution is 2.35. The van der Waals surface area contributed by atoms with Gasteiger partial charge in [0, 0.05) is 17.7 Å². The fraction of sp³-hybridized carbons (Fsp3) is 0.450. The Balaban J connectivity index is 0.000000284. The van der Waals surface area contributed by atoms with Crippen molar-refractivity contribution in [1.29, 1.82) is 0 Å². The number of hydrogen-bond donors (Lipinski definition) is 0. The van der Waals surface area contributed by atoms with Crippen LogP contribution in [0.4, 0.5) is 0 Å². The predicted octanol–water partition coefficient (Wildman–Crippen LogP) is 4.67. The zero-order valence-electron chi connectivity index (χ0n) is 14.7. The van der Waals surface area contributed by atoms with E-state index in [1.165, 1.54) is 12.0 Å². The maximum absolute atomic E-state index is 5.66. The Morgan fingerprint density at radius 1 is 1.30 bits per heavy atom. The number of rotatable bonds is 7. The molecule has 1 heterocycles. The highest BCUT2D eigenvalue weighted by Gasteiger charge is 2.23. The van der Waals surface area contributed by atoms with Crippen LogP contribution >= 0.6 is 0 Å². The van der Waals surface area contributed by atoms with Gasteiger partial charge in [-0.25, -0.2) is 0 Å². The molecule has 1 aromatic rings. The van der Waals surface area contributed by atoms with E-state index in [9.17, 15) is 0 Å². The molecule has 0 aliphatic carbocycles. The average molecular weight is 314 g/mol. The molecule has 0 N–H and O–H groups in total. The Kier molecular flexibility index (Phi) is 9.73. The molecule has 0 aromatic heterocycles. The van der Waals surface area contributed by atoms with E-state index < -0.39 is 0 Å². The Morgan fingerprint density at radius 3 is 2.78 bits per heavy atom. The van der Waals surface area contributed by atoms with E-state index in [2.05, 4.69) is 61.8 Å². The lowest BCUT2D eigenvalue weighted by Gasteiger charge is -2.16. The number of fused-ring (bicyclic) bond motifs is 1. The summed E-state index contributed by atoms with van der Waals surface area (Å²) in [7, 11) is 2.17. The molecule has 3 nitrogen and oxygen atoms in total. The van der Waals surface area contributed by atoms with E-state index in [0.717, 1.165) is 31.9 Å². The molecule has 0 saturated heterocycles. The lowest BCUT2D eigenvalue weighted by atomic mass is 9.98. The second-order valence-electron chi connectivity index (χ2n) is 5.59. The quantitative estimate of drug-likeness (QED) is 0.539. The molecule has 1 aromatic carbocycles. The van der Waals surface area contributed by atoms with Gasteiger partial charge in [0.2, 0.25) is 0 Å². The zero-order valence-corrected chi connectivity index (χ0v) is 14.7. The van der Waals surface area contributed by atoms with Crippen LogP contribution < -0.4 is 4.74 Å². The molecule has 0 spiro atoms. The summed E-state index contributed by atoms with van der Waals surface area (Å²) in [5.74, 6) is 1.68. The molecule has 0 saturated carbocycles. The second-order valence-corrected chi connectivity index (χ2v) is 5.59. The Bertz CT molecular complexity index is 508. The van der Waals surface area contributed by atoms with Crippen LogP contribution in [0.15, 0.2) is 53.7 Å². The minimum absolute atomic E-state index is 0.593. The monoisotopic (exact) mass is 314 g/mol. The fourth-order valence-corrected chi connectivity index (χ4v) is 2.33. The molecule has 0 amide bonds. The number of aliphatic imine (C=N–C) groups is 1. The second kappa shape index (κ2) is 11.7. The molecule has 0 fully saturated rings. The first-order chi connectivity index (χ1) is 11.2. The van der Waals surface area contributed by atoms with E-state index in [1.807, 2.05) is 18.2 Å². The first-order valence-electron chi connectivity index (χ1n) is 8.40. The van der Waals surface area contributed by atoms with Crippen molar-refractivity contribution in [3.63, 3.8) is 0 Å². The van der Waals surface area contributed by atoms with Gasteiger partial charge in [0.1, 0.15) is 5.75 Å². The van der Waals surface area contributed by atoms with Crippen LogP contribution in [0.5, 0.6) is 5.75 Å². The number of benzene rings is 1. The summed E-state index contributed by atoms with van der Waals surface area (Å²) in [6, 6.07) is 8.40. The van der Waals surface area contributed by atoms with Crippen molar-refractivity contribution in [3.05, 3.63) is 54.3 Å². The van der Waals surface area contributed by atoms with E-state index in [0.29, 0.717) is 5.92 Å². The van der Waals surface area contributed by atoms with Crippen LogP contribution in [-0.2, 0) is 0 Å². The van der Waals surface area contributed by atoms with Crippen molar-refractivity contribution in [3.8, 4) is 5.75 Å². The summed E-state index contributed by atoms with van der Waals surface area (Å²) in [6.07, 6.45) is 9.79. The van der Waals surface area contributed by atoms with Gasteiger partial charge < -0.3 is 9.64 Å². The lowest BCUT2D eigenvalue weighted by molar-refractivity contribution is 0.292. The van der Waals surface area contributed by atoms with E-state index in [1.54, 1.807) is 6.20 Å². The lowest BCUT2D eigenvalue weighted by Crippen LogP contribution is -2.21. The average Bonchev–Trinajstić information content (AvgIpc) is 3.00. The first kappa shape index (κ1) is 19.2. The zero-order chi connectivity index (χ0) is 16.9. The Labute approximate surface area is 141 Å². The highest BCUT2D eigenvalue weighted by molar-refractivity contribution is 5.39. The summed E-state index contributed by atoms with van der Waals surface area (Å²) in [5, 5.41) is 0. The molecule has 1 atom stereocenters. The van der Waals surface area contributed by atoms with Gasteiger partial charge in [0.05, 0.1) is 6.61 Å². The van der Waals surface area contributed by atoms with Gasteiger partial charge in [0.15, 0.2) is 0 Å². The maximum Gasteiger partial charge on any atom is 0.122 e. The van der Waals surface area contributed by atoms with Gasteiger partial charge in [0.25, 0.3) is 0 Å². The summed E-state index contributed by atoms with van der Waals surface area (Å²) in [4.78, 5) is 5.87. The summed E-state index contributed by atoms with van der Waals surface area (Å²) in [5.41, 5.74) is 1.39. The maximum atomic E-state index is 5.66. The number of ether oxygens (including phenoxy) is 1. The highest BCUT2D eigenvalue weighted by atomic mass is 16.5. The van der Waals surface area contributed by atoms with Crippen LogP contribution in [0.25, 0.3) is 0 Å². The van der Waals surface area contributed by atoms with Crippen LogP contribution in [0.3, 0.4) is 0 Å². The summed E-state index contributed by atoms with van der Waals surface area (Å²) < 4.78 is 5.66. The Morgan fingerprint density at radius 2 is 2.09 bits per heavy atom. The standard InChI is InChI=1S/C13H19NO.C7H11N/c1-3-14(2)9-8-11-10-15-13-7-5-4-6-12(11)13;1-3-4-5-6-7-8-2/h4-7,11H,3,8-10H2,1-2H3;4-7H,2-3H2,1H3/b;5-4-,7-6-. The SMILES string of the molecule is C=N/C=C\C=C/CC.CCN(C)CCC1COc2ccccc21. The molecule has 2 rings (SSSR count). The topological polar surface area (TPSA) is 24.8 Å². The van der Waals surface area contributed by atoms with Crippen molar-refractivity contribution in [2.45, 2.75) is 32.6 Å². The molecule has 1 aliphatic rings. The van der Waals surface area contributed by atoms with Crippen molar-refractivity contribution in [2.75, 3.05) is 26.7 Å². The smallest absolute Gasteiger partial charge is 0.122 e. The van der Waals surface area contributed by atoms with Gasteiger partial charge in [-0.3, -0.25) is 4.99 Å². The number of para-hydroxylation sites is 1. The minimum atomic E-state index is 0.593. The molecule has 23 heavy (non-hydrogen) atoms. The normalized spacial score (nSPS) is 16.3. The van der Waals surface area contributed by atoms with Crippen LogP contribution in [0.1, 0.15) is 38.2 Å². The molecule has 0 radical (unpaired) electrons. The van der Waals surface area contributed by atoms with E-state index in [-0.39, 0.29) is 0 Å². The summed E-state index contributed by atoms with van der Waals surface area (Å²) in [6.45, 7) is 10.7. The third kappa shape index (κ3) is 7.29. The van der Waals surface area contributed by atoms with Crippen LogP contribution in [-0.4, -0.2) is 38.4 Å². The van der Waals surface area contributed by atoms with Crippen molar-refractivity contribution in [1.82, 2.24) is 4.90 Å². The predicted molar refractivity (Wildman–Crippen MR) is 101 cm³/mol. The fourth-order valence-electron chi connectivity index (χ4n) is 2.33. The number of allylic oxidation sites excluding steroid dienone is 3. The number of hydrogen-bond acceptors (Lipinski definition) is 3. The largest absolute Gasteiger partial charge is 0.493 e. The first-order valence-corrected chi connectivity index (χ1v) is 8.40. The van der Waals surface area contributed by atoms with Gasteiger partial charge in [-0.1, -0.05) is 44.2 Å². The minimum Gasteiger partial charge on any atom is -0.493 e. The van der Waals surface area contributed by atoms with Gasteiger partial charge in [-0.15, -0.1) is 0 Å². The Hall–Kier alpha value is -1.87. The van der Waals surface area contributed by atoms with Crippen molar-refractivity contribution < 1.29 is 4.74 Å². The third-order valence-electron chi connectivity index (χ3n) is 3.87. The number of nitrogens with zero attached hydrogens (tertiary/aromatic N) is 2. The molecule has 1 aliphatic heterocycles. The van der Waals surface area contributed by atoms with Crippen LogP contribution in [0.2, 0.25) is 0 Å². The molecule has 1 unspecified atom stereocenters. The van der Waals surface area contributed by atoms with Gasteiger partial charge >= 0.3 is 0 Å². The van der Waals surface area contributed by atoms with Crippen molar-refractivity contribution >= 4 is 6.72 Å². The molecular weight excluding hydrogens is 284 g/mol. The van der Waals surface area contributed by atoms with Crippen LogP contribution in [0, 0.1) is 0 Å². The van der Waals surface area contributed by atoms with Crippen molar-refractivity contribution in [2.24, 2.45) is 4.99 Å². The molecule has 3 heteroatoms. The summed E-state index contributed by atoms with van der Waals surface area (Å²) >= 11 is 0. The molecule has 126 valence electrons. The van der Waals surface area contributed by atoms with E-state index >= 15 is 0 Å². The van der Waals surface area contributed by atoms with Gasteiger partial charge in [-0.2, -0.15) is 0 Å². The molecular formula is C20H30N2O. The van der Waals surface area contributed by atoms with Gasteiger partial charge in [-0.05, 0) is 51.8 Å².